The van der Waals surface area contributed by atoms with Gasteiger partial charge in [0.25, 0.3) is 0 Å². The molecule has 3 aromatic rings. The number of hydrogen-bond donors (Lipinski definition) is 1. The van der Waals surface area contributed by atoms with Gasteiger partial charge in [0, 0.05) is 23.9 Å². The van der Waals surface area contributed by atoms with Crippen molar-refractivity contribution in [2.45, 2.75) is 49.2 Å². The lowest BCUT2D eigenvalue weighted by Gasteiger charge is -2.13. The molecule has 1 amide bonds. The molecule has 2 aliphatic rings. The van der Waals surface area contributed by atoms with Crippen molar-refractivity contribution in [1.29, 1.82) is 0 Å². The van der Waals surface area contributed by atoms with Crippen molar-refractivity contribution in [3.8, 4) is 11.5 Å². The van der Waals surface area contributed by atoms with Crippen LogP contribution in [0, 0.1) is 0 Å². The molecule has 2 aromatic heterocycles. The van der Waals surface area contributed by atoms with Gasteiger partial charge >= 0.3 is 0 Å². The van der Waals surface area contributed by atoms with Crippen LogP contribution in [0.1, 0.15) is 42.1 Å². The van der Waals surface area contributed by atoms with Crippen LogP contribution in [0.15, 0.2) is 40.9 Å². The first-order chi connectivity index (χ1) is 14.7. The number of nitrogens with one attached hydrogen (secondary N) is 1. The molecule has 0 spiro atoms. The van der Waals surface area contributed by atoms with E-state index in [1.807, 2.05) is 25.1 Å². The average molecular weight is 443 g/mol. The van der Waals surface area contributed by atoms with Gasteiger partial charge in [-0.05, 0) is 48.9 Å². The summed E-state index contributed by atoms with van der Waals surface area (Å²) < 4.78 is 13.0. The summed E-state index contributed by atoms with van der Waals surface area (Å²) in [6, 6.07) is 10.3. The summed E-state index contributed by atoms with van der Waals surface area (Å²) in [5.74, 6) is 2.42. The Labute approximate surface area is 182 Å². The number of benzene rings is 1. The van der Waals surface area contributed by atoms with Crippen molar-refractivity contribution >= 4 is 29.0 Å². The van der Waals surface area contributed by atoms with E-state index < -0.39 is 0 Å². The molecule has 1 aromatic carbocycles. The second-order valence-corrected chi connectivity index (χ2v) is 9.76. The zero-order valence-electron chi connectivity index (χ0n) is 16.5. The van der Waals surface area contributed by atoms with Crippen molar-refractivity contribution in [2.24, 2.45) is 0 Å². The number of rotatable bonds is 8. The summed E-state index contributed by atoms with van der Waals surface area (Å²) in [7, 11) is 0. The van der Waals surface area contributed by atoms with Gasteiger partial charge in [0.1, 0.15) is 5.82 Å². The summed E-state index contributed by atoms with van der Waals surface area (Å²) in [6.07, 6.45) is 3.08. The van der Waals surface area contributed by atoms with E-state index in [9.17, 15) is 4.79 Å². The lowest BCUT2D eigenvalue weighted by atomic mass is 10.2. The number of thioether (sulfide) groups is 1. The molecule has 1 atom stereocenters. The van der Waals surface area contributed by atoms with E-state index in [-0.39, 0.29) is 18.0 Å². The fourth-order valence-corrected chi connectivity index (χ4v) is 5.04. The SMILES string of the molecule is C[C@H](Sc1nnc(Cc2cccs2)n1C1CC1)C(=O)NCc1ccc2c(c1)OCO2. The number of amides is 1. The Hall–Kier alpha value is -2.52. The molecular weight excluding hydrogens is 420 g/mol. The Morgan fingerprint density at radius 1 is 1.30 bits per heavy atom. The van der Waals surface area contributed by atoms with E-state index >= 15 is 0 Å². The molecule has 156 valence electrons. The maximum absolute atomic E-state index is 12.7. The molecule has 30 heavy (non-hydrogen) atoms. The highest BCUT2D eigenvalue weighted by Gasteiger charge is 2.31. The van der Waals surface area contributed by atoms with Crippen LogP contribution in [0.3, 0.4) is 0 Å². The Morgan fingerprint density at radius 3 is 2.97 bits per heavy atom. The molecule has 0 bridgehead atoms. The minimum absolute atomic E-state index is 0.0252. The molecule has 0 saturated heterocycles. The average Bonchev–Trinajstić information content (AvgIpc) is 3.13. The van der Waals surface area contributed by atoms with Gasteiger partial charge in [0.2, 0.25) is 12.7 Å². The molecule has 1 aliphatic heterocycles. The van der Waals surface area contributed by atoms with Gasteiger partial charge in [-0.3, -0.25) is 4.79 Å². The second-order valence-electron chi connectivity index (χ2n) is 7.42. The second kappa shape index (κ2) is 8.31. The monoisotopic (exact) mass is 442 g/mol. The highest BCUT2D eigenvalue weighted by molar-refractivity contribution is 8.00. The standard InChI is InChI=1S/C21H22N4O3S2/c1-13(20(26)22-11-14-4-7-17-18(9-14)28-12-27-17)30-21-24-23-19(25(21)15-5-6-15)10-16-3-2-8-29-16/h2-4,7-9,13,15H,5-6,10-12H2,1H3,(H,22,26)/t13-/m0/s1. The van der Waals surface area contributed by atoms with Gasteiger partial charge in [0.05, 0.1) is 5.25 Å². The van der Waals surface area contributed by atoms with Gasteiger partial charge in [-0.2, -0.15) is 0 Å². The number of nitrogens with zero attached hydrogens (tertiary/aromatic N) is 3. The quantitative estimate of drug-likeness (QED) is 0.535. The highest BCUT2D eigenvalue weighted by atomic mass is 32.2. The first-order valence-electron chi connectivity index (χ1n) is 9.96. The number of fused-ring (bicyclic) bond motifs is 1. The summed E-state index contributed by atoms with van der Waals surface area (Å²) in [4.78, 5) is 13.9. The largest absolute Gasteiger partial charge is 0.454 e. The molecule has 7 nitrogen and oxygen atoms in total. The van der Waals surface area contributed by atoms with Crippen molar-refractivity contribution in [3.63, 3.8) is 0 Å². The minimum Gasteiger partial charge on any atom is -0.454 e. The van der Waals surface area contributed by atoms with Crippen LogP contribution in [0.4, 0.5) is 0 Å². The van der Waals surface area contributed by atoms with Crippen LogP contribution in [-0.2, 0) is 17.8 Å². The predicted octanol–water partition coefficient (Wildman–Crippen LogP) is 3.79. The van der Waals surface area contributed by atoms with Crippen molar-refractivity contribution in [1.82, 2.24) is 20.1 Å². The van der Waals surface area contributed by atoms with Gasteiger partial charge < -0.3 is 19.4 Å². The van der Waals surface area contributed by atoms with Crippen molar-refractivity contribution < 1.29 is 14.3 Å². The molecule has 5 rings (SSSR count). The smallest absolute Gasteiger partial charge is 0.233 e. The molecule has 1 saturated carbocycles. The van der Waals surface area contributed by atoms with Crippen LogP contribution < -0.4 is 14.8 Å². The third-order valence-electron chi connectivity index (χ3n) is 5.11. The van der Waals surface area contributed by atoms with E-state index in [0.29, 0.717) is 12.6 Å². The zero-order valence-corrected chi connectivity index (χ0v) is 18.2. The molecular formula is C21H22N4O3S2. The molecule has 1 fully saturated rings. The fraction of sp³-hybridized carbons (Fsp3) is 0.381. The first kappa shape index (κ1) is 19.4. The normalized spacial score (nSPS) is 15.9. The van der Waals surface area contributed by atoms with Gasteiger partial charge in [-0.25, -0.2) is 0 Å². The van der Waals surface area contributed by atoms with Gasteiger partial charge in [-0.1, -0.05) is 23.9 Å². The van der Waals surface area contributed by atoms with Crippen LogP contribution in [-0.4, -0.2) is 32.7 Å². The van der Waals surface area contributed by atoms with Crippen LogP contribution in [0.5, 0.6) is 11.5 Å². The number of hydrogen-bond acceptors (Lipinski definition) is 7. The molecule has 0 radical (unpaired) electrons. The van der Waals surface area contributed by atoms with Gasteiger partial charge in [-0.15, -0.1) is 21.5 Å². The van der Waals surface area contributed by atoms with Gasteiger partial charge in [0.15, 0.2) is 16.7 Å². The highest BCUT2D eigenvalue weighted by Crippen LogP contribution is 2.40. The first-order valence-corrected chi connectivity index (χ1v) is 11.7. The third-order valence-corrected chi connectivity index (χ3v) is 7.05. The fourth-order valence-electron chi connectivity index (χ4n) is 3.37. The third kappa shape index (κ3) is 4.17. The number of thiophene rings is 1. The Balaban J connectivity index is 1.22. The topological polar surface area (TPSA) is 78.3 Å². The maximum atomic E-state index is 12.7. The predicted molar refractivity (Wildman–Crippen MR) is 115 cm³/mol. The van der Waals surface area contributed by atoms with E-state index in [4.69, 9.17) is 9.47 Å². The van der Waals surface area contributed by atoms with Crippen molar-refractivity contribution in [2.75, 3.05) is 6.79 Å². The number of aromatic nitrogens is 3. The molecule has 1 aliphatic carbocycles. The maximum Gasteiger partial charge on any atom is 0.233 e. The van der Waals surface area contributed by atoms with Crippen LogP contribution >= 0.6 is 23.1 Å². The number of ether oxygens (including phenoxy) is 2. The van der Waals surface area contributed by atoms with E-state index in [1.54, 1.807) is 11.3 Å². The minimum atomic E-state index is -0.268. The summed E-state index contributed by atoms with van der Waals surface area (Å²) >= 11 is 3.20. The Kier molecular flexibility index (Phi) is 5.39. The molecule has 9 heteroatoms. The lowest BCUT2D eigenvalue weighted by molar-refractivity contribution is -0.120. The molecule has 0 unspecified atom stereocenters. The summed E-state index contributed by atoms with van der Waals surface area (Å²) in [5, 5.41) is 14.5. The van der Waals surface area contributed by atoms with E-state index in [2.05, 4.69) is 37.6 Å². The van der Waals surface area contributed by atoms with Crippen molar-refractivity contribution in [3.05, 3.63) is 52.0 Å². The van der Waals surface area contributed by atoms with Crippen LogP contribution in [0.25, 0.3) is 0 Å². The summed E-state index contributed by atoms with van der Waals surface area (Å²) in [6.45, 7) is 2.60. The van der Waals surface area contributed by atoms with E-state index in [1.165, 1.54) is 16.6 Å². The van der Waals surface area contributed by atoms with Crippen LogP contribution in [0.2, 0.25) is 0 Å². The van der Waals surface area contributed by atoms with E-state index in [0.717, 1.165) is 47.3 Å². The molecule has 3 heterocycles. The Morgan fingerprint density at radius 2 is 2.17 bits per heavy atom. The zero-order chi connectivity index (χ0) is 20.5. The number of carbonyl (C=O) groups excluding carboxylic acids is 1. The lowest BCUT2D eigenvalue weighted by Crippen LogP contribution is -2.30. The summed E-state index contributed by atoms with van der Waals surface area (Å²) in [5.41, 5.74) is 0.976. The number of carbonyl (C=O) groups is 1. The Bertz CT molecular complexity index is 1050. The molecule has 1 N–H and O–H groups in total.